The van der Waals surface area contributed by atoms with E-state index in [9.17, 15) is 8.42 Å². The zero-order valence-corrected chi connectivity index (χ0v) is 17.5. The van der Waals surface area contributed by atoms with Crippen molar-refractivity contribution in [2.24, 2.45) is 7.05 Å². The van der Waals surface area contributed by atoms with Gasteiger partial charge in [0.1, 0.15) is 5.82 Å². The number of fused-ring (bicyclic) bond motifs is 1. The van der Waals surface area contributed by atoms with Crippen LogP contribution in [0, 0.1) is 6.92 Å². The van der Waals surface area contributed by atoms with Gasteiger partial charge < -0.3 is 4.57 Å². The molecule has 0 aliphatic heterocycles. The summed E-state index contributed by atoms with van der Waals surface area (Å²) in [7, 11) is -2.01. The first kappa shape index (κ1) is 19.1. The predicted molar refractivity (Wildman–Crippen MR) is 111 cm³/mol. The highest BCUT2D eigenvalue weighted by Crippen LogP contribution is 2.27. The monoisotopic (exact) mass is 410 g/mol. The van der Waals surface area contributed by atoms with E-state index in [0.29, 0.717) is 17.3 Å². The molecule has 0 saturated heterocycles. The van der Waals surface area contributed by atoms with Gasteiger partial charge in [-0.05, 0) is 25.1 Å². The van der Waals surface area contributed by atoms with Crippen LogP contribution in [0.15, 0.2) is 53.9 Å². The lowest BCUT2D eigenvalue weighted by Crippen LogP contribution is -2.13. The summed E-state index contributed by atoms with van der Waals surface area (Å²) in [6, 6.07) is 9.00. The van der Waals surface area contributed by atoms with Crippen LogP contribution in [0.3, 0.4) is 0 Å². The number of rotatable bonds is 5. The molecule has 0 aliphatic rings. The van der Waals surface area contributed by atoms with Crippen LogP contribution in [0.5, 0.6) is 0 Å². The summed E-state index contributed by atoms with van der Waals surface area (Å²) in [5.41, 5.74) is 2.94. The number of anilines is 1. The Morgan fingerprint density at radius 1 is 1.14 bits per heavy atom. The molecular weight excluding hydrogens is 388 g/mol. The Morgan fingerprint density at radius 3 is 2.62 bits per heavy atom. The predicted octanol–water partition coefficient (Wildman–Crippen LogP) is 3.36. The number of aromatic nitrogens is 5. The van der Waals surface area contributed by atoms with Gasteiger partial charge in [0.25, 0.3) is 10.0 Å². The van der Waals surface area contributed by atoms with Crippen LogP contribution in [0.1, 0.15) is 31.3 Å². The average molecular weight is 411 g/mol. The van der Waals surface area contributed by atoms with Crippen LogP contribution < -0.4 is 4.72 Å². The van der Waals surface area contributed by atoms with Gasteiger partial charge in [0.15, 0.2) is 5.03 Å². The summed E-state index contributed by atoms with van der Waals surface area (Å²) in [5.74, 6) is 1.44. The first-order valence-electron chi connectivity index (χ1n) is 9.22. The van der Waals surface area contributed by atoms with Gasteiger partial charge >= 0.3 is 0 Å². The summed E-state index contributed by atoms with van der Waals surface area (Å²) < 4.78 is 31.9. The quantitative estimate of drug-likeness (QED) is 0.544. The number of hydrogen-bond acceptors (Lipinski definition) is 5. The molecule has 3 aromatic heterocycles. The van der Waals surface area contributed by atoms with Crippen LogP contribution >= 0.6 is 0 Å². The summed E-state index contributed by atoms with van der Waals surface area (Å²) in [5, 5.41) is 0.00205. The van der Waals surface area contributed by atoms with E-state index in [-0.39, 0.29) is 10.9 Å². The molecule has 29 heavy (non-hydrogen) atoms. The van der Waals surface area contributed by atoms with Gasteiger partial charge in [0, 0.05) is 48.5 Å². The molecule has 0 spiro atoms. The maximum Gasteiger partial charge on any atom is 0.280 e. The largest absolute Gasteiger partial charge is 0.336 e. The molecule has 9 heteroatoms. The van der Waals surface area contributed by atoms with E-state index in [0.717, 1.165) is 17.0 Å². The van der Waals surface area contributed by atoms with Crippen LogP contribution in [0.4, 0.5) is 5.69 Å². The minimum absolute atomic E-state index is 0.00205. The number of hydrogen-bond donors (Lipinski definition) is 1. The molecule has 3 heterocycles. The third-order valence-electron chi connectivity index (χ3n) is 4.71. The molecule has 0 amide bonds. The van der Waals surface area contributed by atoms with E-state index >= 15 is 0 Å². The van der Waals surface area contributed by atoms with Crippen LogP contribution in [0.2, 0.25) is 0 Å². The number of benzene rings is 1. The van der Waals surface area contributed by atoms with Gasteiger partial charge in [0.2, 0.25) is 5.78 Å². The number of nitrogens with one attached hydrogen (secondary N) is 1. The molecule has 0 bridgehead atoms. The van der Waals surface area contributed by atoms with Crippen LogP contribution in [-0.4, -0.2) is 32.3 Å². The number of nitrogens with zero attached hydrogens (tertiary/aromatic N) is 5. The first-order chi connectivity index (χ1) is 13.8. The SMILES string of the molecule is Cc1c(-c2cccc(NS(=O)(=O)c3cn(C)c(C(C)C)n3)c2)nc2ncccn12. The van der Waals surface area contributed by atoms with Gasteiger partial charge in [-0.2, -0.15) is 8.42 Å². The molecule has 0 aliphatic carbocycles. The number of aryl methyl sites for hydroxylation is 2. The highest BCUT2D eigenvalue weighted by atomic mass is 32.2. The lowest BCUT2D eigenvalue weighted by atomic mass is 10.1. The molecule has 0 radical (unpaired) electrons. The maximum absolute atomic E-state index is 12.8. The zero-order valence-electron chi connectivity index (χ0n) is 16.7. The van der Waals surface area contributed by atoms with Gasteiger partial charge in [-0.1, -0.05) is 26.0 Å². The fourth-order valence-corrected chi connectivity index (χ4v) is 4.38. The van der Waals surface area contributed by atoms with Gasteiger partial charge in [-0.15, -0.1) is 0 Å². The Morgan fingerprint density at radius 2 is 1.93 bits per heavy atom. The molecule has 150 valence electrons. The Bertz CT molecular complexity index is 1300. The Kier molecular flexibility index (Phi) is 4.62. The second-order valence-corrected chi connectivity index (χ2v) is 8.85. The molecule has 4 aromatic rings. The van der Waals surface area contributed by atoms with E-state index in [1.54, 1.807) is 36.0 Å². The molecule has 0 atom stereocenters. The molecular formula is C20H22N6O2S. The maximum atomic E-state index is 12.8. The highest BCUT2D eigenvalue weighted by molar-refractivity contribution is 7.92. The van der Waals surface area contributed by atoms with E-state index in [2.05, 4.69) is 19.7 Å². The van der Waals surface area contributed by atoms with Crippen molar-refractivity contribution in [2.75, 3.05) is 4.72 Å². The van der Waals surface area contributed by atoms with Crippen molar-refractivity contribution in [1.29, 1.82) is 0 Å². The lowest BCUT2D eigenvalue weighted by Gasteiger charge is -2.07. The van der Waals surface area contributed by atoms with Crippen molar-refractivity contribution in [1.82, 2.24) is 23.9 Å². The standard InChI is InChI=1S/C20H22N6O2S/c1-13(2)19-22-17(12-25(19)4)29(27,28)24-16-8-5-7-15(11-16)18-14(3)26-10-6-9-21-20(26)23-18/h5-13,24H,1-4H3. The first-order valence-corrected chi connectivity index (χ1v) is 10.7. The van der Waals surface area contributed by atoms with Crippen molar-refractivity contribution in [3.63, 3.8) is 0 Å². The summed E-state index contributed by atoms with van der Waals surface area (Å²) in [6.07, 6.45) is 5.11. The topological polar surface area (TPSA) is 94.2 Å². The van der Waals surface area contributed by atoms with E-state index in [1.807, 2.05) is 43.5 Å². The van der Waals surface area contributed by atoms with Gasteiger partial charge in [-0.25, -0.2) is 15.0 Å². The molecule has 0 fully saturated rings. The van der Waals surface area contributed by atoms with Crippen LogP contribution in [-0.2, 0) is 17.1 Å². The number of sulfonamides is 1. The zero-order chi connectivity index (χ0) is 20.8. The number of imidazole rings is 2. The third kappa shape index (κ3) is 3.49. The molecule has 1 N–H and O–H groups in total. The molecule has 1 aromatic carbocycles. The smallest absolute Gasteiger partial charge is 0.280 e. The van der Waals surface area contributed by atoms with Gasteiger partial charge in [-0.3, -0.25) is 9.12 Å². The average Bonchev–Trinajstić information content (AvgIpc) is 3.23. The van der Waals surface area contributed by atoms with Crippen molar-refractivity contribution in [3.05, 3.63) is 60.4 Å². The summed E-state index contributed by atoms with van der Waals surface area (Å²) >= 11 is 0. The summed E-state index contributed by atoms with van der Waals surface area (Å²) in [6.45, 7) is 5.90. The highest BCUT2D eigenvalue weighted by Gasteiger charge is 2.21. The second-order valence-electron chi connectivity index (χ2n) is 7.22. The fourth-order valence-electron chi connectivity index (χ4n) is 3.33. The van der Waals surface area contributed by atoms with E-state index in [4.69, 9.17) is 0 Å². The minimum atomic E-state index is -3.80. The Hall–Kier alpha value is -3.20. The Balaban J connectivity index is 1.68. The fraction of sp³-hybridized carbons (Fsp3) is 0.250. The van der Waals surface area contributed by atoms with Crippen molar-refractivity contribution < 1.29 is 8.42 Å². The van der Waals surface area contributed by atoms with E-state index in [1.165, 1.54) is 6.20 Å². The van der Waals surface area contributed by atoms with Gasteiger partial charge in [0.05, 0.1) is 5.69 Å². The molecule has 4 rings (SSSR count). The minimum Gasteiger partial charge on any atom is -0.336 e. The van der Waals surface area contributed by atoms with Crippen molar-refractivity contribution >= 4 is 21.5 Å². The van der Waals surface area contributed by atoms with E-state index < -0.39 is 10.0 Å². The summed E-state index contributed by atoms with van der Waals surface area (Å²) in [4.78, 5) is 13.1. The lowest BCUT2D eigenvalue weighted by molar-refractivity contribution is 0.597. The third-order valence-corrected chi connectivity index (χ3v) is 5.96. The Labute approximate surface area is 169 Å². The van der Waals surface area contributed by atoms with Crippen molar-refractivity contribution in [2.45, 2.75) is 31.7 Å². The van der Waals surface area contributed by atoms with Crippen LogP contribution in [0.25, 0.3) is 17.0 Å². The molecule has 8 nitrogen and oxygen atoms in total. The molecule has 0 unspecified atom stereocenters. The second kappa shape index (κ2) is 7.00. The normalized spacial score (nSPS) is 12.0. The van der Waals surface area contributed by atoms with Crippen molar-refractivity contribution in [3.8, 4) is 11.3 Å². The molecule has 0 saturated carbocycles.